The zero-order valence-electron chi connectivity index (χ0n) is 8.70. The molecule has 1 rings (SSSR count). The highest BCUT2D eigenvalue weighted by Crippen LogP contribution is 2.34. The lowest BCUT2D eigenvalue weighted by atomic mass is 10.1. The predicted octanol–water partition coefficient (Wildman–Crippen LogP) is 2.55. The number of rotatable bonds is 3. The third-order valence-electron chi connectivity index (χ3n) is 2.12. The van der Waals surface area contributed by atoms with Gasteiger partial charge in [-0.3, -0.25) is 4.79 Å². The largest absolute Gasteiger partial charge is 0.290 e. The van der Waals surface area contributed by atoms with Gasteiger partial charge in [0.15, 0.2) is 9.84 Å². The number of carbonyl (C=O) groups is 1. The molecule has 1 atom stereocenters. The minimum absolute atomic E-state index is 0.331. The number of aryl methyl sites for hydroxylation is 1. The molecule has 0 spiro atoms. The Hall–Kier alpha value is -0.140. The number of carbonyl (C=O) groups excluding carboxylic acids is 1. The predicted molar refractivity (Wildman–Crippen MR) is 73.0 cm³/mol. The van der Waals surface area contributed by atoms with Crippen LogP contribution in [-0.4, -0.2) is 22.7 Å². The Kier molecular flexibility index (Phi) is 4.02. The summed E-state index contributed by atoms with van der Waals surface area (Å²) in [4.78, 5) is 12.0. The molecule has 0 amide bonds. The summed E-state index contributed by atoms with van der Waals surface area (Å²) in [6, 6.07) is 6.75. The first-order valence-electron chi connectivity index (χ1n) is 4.36. The number of hydrogen-bond acceptors (Lipinski definition) is 3. The van der Waals surface area contributed by atoms with E-state index in [2.05, 4.69) is 0 Å². The van der Waals surface area contributed by atoms with Gasteiger partial charge in [-0.1, -0.05) is 35.9 Å². The van der Waals surface area contributed by atoms with E-state index in [0.717, 1.165) is 6.26 Å². The first-order valence-corrected chi connectivity index (χ1v) is 7.70. The van der Waals surface area contributed by atoms with Crippen LogP contribution in [0, 0.1) is 6.92 Å². The normalized spacial score (nSPS) is 15.5. The molecule has 0 aliphatic rings. The highest BCUT2D eigenvalue weighted by molar-refractivity contribution is 14.1. The van der Waals surface area contributed by atoms with E-state index in [9.17, 15) is 13.2 Å². The summed E-state index contributed by atoms with van der Waals surface area (Å²) in [6.07, 6.45) is 0.947. The van der Waals surface area contributed by atoms with Gasteiger partial charge in [0.05, 0.1) is 0 Å². The van der Waals surface area contributed by atoms with Gasteiger partial charge >= 0.3 is 0 Å². The van der Waals surface area contributed by atoms with Crippen molar-refractivity contribution in [2.45, 2.75) is 9.14 Å². The van der Waals surface area contributed by atoms with E-state index in [-0.39, 0.29) is 0 Å². The monoisotopic (exact) mass is 372 g/mol. The standard InChI is InChI=1S/C10H10ClIO3S/c1-7-5-3-4-6-8(7)9(13)10(11,12)16(2,14)15/h3-6H,1-2H3/t10-/m1/s1. The second-order valence-electron chi connectivity index (χ2n) is 3.43. The molecule has 0 N–H and O–H groups in total. The van der Waals surface area contributed by atoms with Gasteiger partial charge in [0.25, 0.3) is 2.21 Å². The van der Waals surface area contributed by atoms with Crippen molar-refractivity contribution in [2.75, 3.05) is 6.26 Å². The topological polar surface area (TPSA) is 51.2 Å². The molecular weight excluding hydrogens is 363 g/mol. The molecule has 0 saturated heterocycles. The van der Waals surface area contributed by atoms with Crippen molar-refractivity contribution in [1.29, 1.82) is 0 Å². The molecule has 16 heavy (non-hydrogen) atoms. The smallest absolute Gasteiger partial charge is 0.257 e. The highest BCUT2D eigenvalue weighted by atomic mass is 127. The summed E-state index contributed by atoms with van der Waals surface area (Å²) < 4.78 is 20.9. The van der Waals surface area contributed by atoms with Crippen molar-refractivity contribution in [3.05, 3.63) is 35.4 Å². The Morgan fingerprint density at radius 3 is 2.31 bits per heavy atom. The summed E-state index contributed by atoms with van der Waals surface area (Å²) in [6.45, 7) is 1.74. The van der Waals surface area contributed by atoms with Crippen molar-refractivity contribution in [3.63, 3.8) is 0 Å². The number of hydrogen-bond donors (Lipinski definition) is 0. The lowest BCUT2D eigenvalue weighted by Gasteiger charge is -2.17. The Bertz CT molecular complexity index is 523. The molecule has 0 radical (unpaired) electrons. The molecule has 0 unspecified atom stereocenters. The van der Waals surface area contributed by atoms with Gasteiger partial charge in [0, 0.05) is 11.8 Å². The first kappa shape index (κ1) is 13.9. The molecule has 0 aliphatic heterocycles. The van der Waals surface area contributed by atoms with E-state index in [4.69, 9.17) is 11.6 Å². The van der Waals surface area contributed by atoms with Crippen LogP contribution in [-0.2, 0) is 9.84 Å². The molecule has 0 heterocycles. The van der Waals surface area contributed by atoms with Gasteiger partial charge in [-0.15, -0.1) is 0 Å². The average molecular weight is 373 g/mol. The zero-order valence-corrected chi connectivity index (χ0v) is 12.4. The SMILES string of the molecule is Cc1ccccc1C(=O)[C@@](Cl)(I)S(C)(=O)=O. The molecule has 1 aromatic rings. The molecule has 0 aliphatic carbocycles. The van der Waals surface area contributed by atoms with Crippen LogP contribution < -0.4 is 0 Å². The molecule has 0 bridgehead atoms. The molecule has 3 nitrogen and oxygen atoms in total. The summed E-state index contributed by atoms with van der Waals surface area (Å²) >= 11 is 7.28. The van der Waals surface area contributed by atoms with Crippen molar-refractivity contribution in [1.82, 2.24) is 0 Å². The first-order chi connectivity index (χ1) is 7.18. The van der Waals surface area contributed by atoms with E-state index in [0.29, 0.717) is 11.1 Å². The number of sulfone groups is 1. The Morgan fingerprint density at radius 2 is 1.88 bits per heavy atom. The minimum atomic E-state index is -3.66. The second-order valence-corrected chi connectivity index (χ2v) is 9.37. The van der Waals surface area contributed by atoms with E-state index >= 15 is 0 Å². The van der Waals surface area contributed by atoms with Crippen molar-refractivity contribution < 1.29 is 13.2 Å². The number of halogens is 2. The molecule has 0 saturated carbocycles. The fraction of sp³-hybridized carbons (Fsp3) is 0.300. The van der Waals surface area contributed by atoms with E-state index in [1.165, 1.54) is 22.6 Å². The lowest BCUT2D eigenvalue weighted by Crippen LogP contribution is -2.34. The van der Waals surface area contributed by atoms with E-state index in [1.807, 2.05) is 0 Å². The quantitative estimate of drug-likeness (QED) is 0.465. The molecule has 0 aromatic heterocycles. The molecule has 88 valence electrons. The van der Waals surface area contributed by atoms with Crippen molar-refractivity contribution in [3.8, 4) is 0 Å². The maximum atomic E-state index is 12.0. The van der Waals surface area contributed by atoms with E-state index in [1.54, 1.807) is 31.2 Å². The van der Waals surface area contributed by atoms with Gasteiger partial charge in [0.1, 0.15) is 0 Å². The molecule has 6 heteroatoms. The average Bonchev–Trinajstić information content (AvgIpc) is 2.15. The van der Waals surface area contributed by atoms with Crippen LogP contribution in [0.2, 0.25) is 0 Å². The van der Waals surface area contributed by atoms with Crippen molar-refractivity contribution in [2.24, 2.45) is 0 Å². The van der Waals surface area contributed by atoms with Gasteiger partial charge in [-0.05, 0) is 35.1 Å². The molecular formula is C10H10ClIO3S. The fourth-order valence-corrected chi connectivity index (χ4v) is 1.99. The third-order valence-corrected chi connectivity index (χ3v) is 7.14. The number of alkyl halides is 2. The summed E-state index contributed by atoms with van der Waals surface area (Å²) in [7, 11) is -3.66. The maximum absolute atomic E-state index is 12.0. The Balaban J connectivity index is 3.29. The van der Waals surface area contributed by atoms with Gasteiger partial charge in [-0.25, -0.2) is 8.42 Å². The van der Waals surface area contributed by atoms with Gasteiger partial charge < -0.3 is 0 Å². The van der Waals surface area contributed by atoms with Crippen LogP contribution >= 0.6 is 34.2 Å². The third kappa shape index (κ3) is 2.57. The van der Waals surface area contributed by atoms with Crippen LogP contribution in [0.3, 0.4) is 0 Å². The number of benzene rings is 1. The number of ketones is 1. The summed E-state index contributed by atoms with van der Waals surface area (Å²) in [5, 5.41) is 0. The van der Waals surface area contributed by atoms with Crippen LogP contribution in [0.15, 0.2) is 24.3 Å². The Labute approximate surface area is 113 Å². The maximum Gasteiger partial charge on any atom is 0.257 e. The van der Waals surface area contributed by atoms with Crippen LogP contribution in [0.1, 0.15) is 15.9 Å². The van der Waals surface area contributed by atoms with Gasteiger partial charge in [0.2, 0.25) is 5.78 Å². The molecule has 1 aromatic carbocycles. The highest BCUT2D eigenvalue weighted by Gasteiger charge is 2.44. The lowest BCUT2D eigenvalue weighted by molar-refractivity contribution is 0.100. The van der Waals surface area contributed by atoms with Crippen LogP contribution in [0.5, 0.6) is 0 Å². The Morgan fingerprint density at radius 1 is 1.38 bits per heavy atom. The zero-order chi connectivity index (χ0) is 12.6. The molecule has 0 fully saturated rings. The van der Waals surface area contributed by atoms with Crippen molar-refractivity contribution >= 4 is 49.8 Å². The second kappa shape index (κ2) is 4.62. The summed E-state index contributed by atoms with van der Waals surface area (Å²) in [5.74, 6) is -0.602. The number of Topliss-reactive ketones (excluding diaryl/α,β-unsaturated/α-hetero) is 1. The van der Waals surface area contributed by atoms with Crippen LogP contribution in [0.4, 0.5) is 0 Å². The minimum Gasteiger partial charge on any atom is -0.290 e. The van der Waals surface area contributed by atoms with E-state index < -0.39 is 17.8 Å². The fourth-order valence-electron chi connectivity index (χ4n) is 1.15. The summed E-state index contributed by atoms with van der Waals surface area (Å²) in [5.41, 5.74) is 1.04. The van der Waals surface area contributed by atoms with Crippen LogP contribution in [0.25, 0.3) is 0 Å². The van der Waals surface area contributed by atoms with Gasteiger partial charge in [-0.2, -0.15) is 0 Å².